The minimum absolute atomic E-state index is 0.647. The van der Waals surface area contributed by atoms with Gasteiger partial charge in [0, 0.05) is 11.6 Å². The monoisotopic (exact) mass is 387 g/mol. The van der Waals surface area contributed by atoms with Crippen molar-refractivity contribution in [2.24, 2.45) is 0 Å². The van der Waals surface area contributed by atoms with Crippen molar-refractivity contribution >= 4 is 44.7 Å². The van der Waals surface area contributed by atoms with Gasteiger partial charge in [0.1, 0.15) is 9.22 Å². The predicted octanol–water partition coefficient (Wildman–Crippen LogP) is 3.03. The summed E-state index contributed by atoms with van der Waals surface area (Å²) in [5.74, 6) is 0. The summed E-state index contributed by atoms with van der Waals surface area (Å²) in [6.07, 6.45) is 1.80. The third-order valence-corrected chi connectivity index (χ3v) is 3.93. The van der Waals surface area contributed by atoms with Gasteiger partial charge in [-0.25, -0.2) is 9.67 Å². The highest BCUT2D eigenvalue weighted by Gasteiger charge is 2.07. The summed E-state index contributed by atoms with van der Waals surface area (Å²) >= 11 is 2.20. The number of nitrogens with zero attached hydrogens (tertiary/aromatic N) is 5. The maximum absolute atomic E-state index is 4.51. The molecule has 0 bridgehead atoms. The van der Waals surface area contributed by atoms with Crippen molar-refractivity contribution in [1.29, 1.82) is 0 Å². The first-order valence-electron chi connectivity index (χ1n) is 6.49. The van der Waals surface area contributed by atoms with Gasteiger partial charge in [-0.3, -0.25) is 4.98 Å². The first-order chi connectivity index (χ1) is 10.3. The molecule has 0 fully saturated rings. The van der Waals surface area contributed by atoms with E-state index in [1.54, 1.807) is 6.20 Å². The van der Waals surface area contributed by atoms with Crippen LogP contribution < -0.4 is 0 Å². The Morgan fingerprint density at radius 3 is 2.90 bits per heavy atom. The van der Waals surface area contributed by atoms with E-state index in [2.05, 4.69) is 61.1 Å². The third-order valence-electron chi connectivity index (χ3n) is 3.33. The molecule has 6 heteroatoms. The van der Waals surface area contributed by atoms with Crippen molar-refractivity contribution in [2.45, 2.75) is 6.54 Å². The van der Waals surface area contributed by atoms with E-state index in [1.807, 2.05) is 28.9 Å². The van der Waals surface area contributed by atoms with E-state index < -0.39 is 0 Å². The van der Waals surface area contributed by atoms with E-state index in [1.165, 1.54) is 0 Å². The number of hydrogen-bond acceptors (Lipinski definition) is 4. The molecule has 3 aromatic heterocycles. The van der Waals surface area contributed by atoms with Gasteiger partial charge in [-0.15, -0.1) is 5.10 Å². The smallest absolute Gasteiger partial charge is 0.179 e. The number of pyridine rings is 2. The molecule has 102 valence electrons. The van der Waals surface area contributed by atoms with E-state index in [-0.39, 0.29) is 0 Å². The highest BCUT2D eigenvalue weighted by atomic mass is 127. The quantitative estimate of drug-likeness (QED) is 0.392. The van der Waals surface area contributed by atoms with Crippen LogP contribution >= 0.6 is 22.6 Å². The Balaban J connectivity index is 1.77. The molecule has 0 aliphatic heterocycles. The number of hydrogen-bond donors (Lipinski definition) is 0. The molecule has 21 heavy (non-hydrogen) atoms. The highest BCUT2D eigenvalue weighted by Crippen LogP contribution is 2.16. The Morgan fingerprint density at radius 2 is 1.95 bits per heavy atom. The summed E-state index contributed by atoms with van der Waals surface area (Å²) in [5, 5.41) is 9.48. The van der Waals surface area contributed by atoms with Crippen LogP contribution in [0.1, 0.15) is 5.56 Å². The minimum Gasteiger partial charge on any atom is -0.256 e. The van der Waals surface area contributed by atoms with Gasteiger partial charge in [-0.2, -0.15) is 0 Å². The predicted molar refractivity (Wildman–Crippen MR) is 88.9 cm³/mol. The van der Waals surface area contributed by atoms with E-state index in [0.29, 0.717) is 6.54 Å². The summed E-state index contributed by atoms with van der Waals surface area (Å²) in [7, 11) is 0. The van der Waals surface area contributed by atoms with E-state index in [4.69, 9.17) is 0 Å². The van der Waals surface area contributed by atoms with Crippen molar-refractivity contribution < 1.29 is 0 Å². The Labute approximate surface area is 134 Å². The molecule has 1 aromatic carbocycles. The molecular formula is C15H10IN5. The summed E-state index contributed by atoms with van der Waals surface area (Å²) < 4.78 is 2.76. The van der Waals surface area contributed by atoms with Gasteiger partial charge in [0.25, 0.3) is 0 Å². The normalized spacial score (nSPS) is 11.3. The zero-order valence-corrected chi connectivity index (χ0v) is 13.1. The molecule has 0 atom stereocenters. The van der Waals surface area contributed by atoms with Crippen molar-refractivity contribution in [1.82, 2.24) is 25.0 Å². The third kappa shape index (κ3) is 2.35. The van der Waals surface area contributed by atoms with Gasteiger partial charge in [-0.1, -0.05) is 17.3 Å². The second-order valence-electron chi connectivity index (χ2n) is 4.75. The number of halogens is 1. The van der Waals surface area contributed by atoms with Crippen molar-refractivity contribution in [2.75, 3.05) is 0 Å². The maximum Gasteiger partial charge on any atom is 0.179 e. The molecule has 0 saturated heterocycles. The van der Waals surface area contributed by atoms with E-state index in [9.17, 15) is 0 Å². The second kappa shape index (κ2) is 5.03. The van der Waals surface area contributed by atoms with Gasteiger partial charge in [-0.05, 0) is 58.5 Å². The van der Waals surface area contributed by atoms with E-state index >= 15 is 0 Å². The molecule has 0 N–H and O–H groups in total. The van der Waals surface area contributed by atoms with Crippen molar-refractivity contribution in [3.05, 3.63) is 57.9 Å². The lowest BCUT2D eigenvalue weighted by molar-refractivity contribution is 0.664. The van der Waals surface area contributed by atoms with Crippen LogP contribution in [0.25, 0.3) is 22.1 Å². The molecule has 4 rings (SSSR count). The molecule has 4 aromatic rings. The maximum atomic E-state index is 4.51. The fourth-order valence-corrected chi connectivity index (χ4v) is 2.74. The van der Waals surface area contributed by atoms with Crippen molar-refractivity contribution in [3.63, 3.8) is 0 Å². The van der Waals surface area contributed by atoms with Crippen LogP contribution in [0.2, 0.25) is 0 Å². The van der Waals surface area contributed by atoms with Gasteiger partial charge in [0.15, 0.2) is 5.65 Å². The van der Waals surface area contributed by atoms with Gasteiger partial charge in [0.2, 0.25) is 0 Å². The number of fused-ring (bicyclic) bond motifs is 2. The Kier molecular flexibility index (Phi) is 3.03. The molecule has 0 aliphatic rings. The lowest BCUT2D eigenvalue weighted by Crippen LogP contribution is -2.03. The van der Waals surface area contributed by atoms with Crippen LogP contribution in [0.5, 0.6) is 0 Å². The average Bonchev–Trinajstić information content (AvgIpc) is 2.89. The summed E-state index contributed by atoms with van der Waals surface area (Å²) in [6.45, 7) is 0.647. The SMILES string of the molecule is Ic1ccc2nnn(Cc3ccc4ncccc4c3)c2n1. The first kappa shape index (κ1) is 12.6. The zero-order valence-electron chi connectivity index (χ0n) is 10.9. The van der Waals surface area contributed by atoms with E-state index in [0.717, 1.165) is 31.3 Å². The van der Waals surface area contributed by atoms with Crippen LogP contribution in [0.4, 0.5) is 0 Å². The van der Waals surface area contributed by atoms with Gasteiger partial charge in [0.05, 0.1) is 12.1 Å². The molecule has 0 spiro atoms. The molecule has 5 nitrogen and oxygen atoms in total. The van der Waals surface area contributed by atoms with Gasteiger partial charge < -0.3 is 0 Å². The Bertz CT molecular complexity index is 947. The molecule has 0 amide bonds. The Hall–Kier alpha value is -2.09. The number of aromatic nitrogens is 5. The Morgan fingerprint density at radius 1 is 1.05 bits per heavy atom. The fourth-order valence-electron chi connectivity index (χ4n) is 2.33. The number of benzene rings is 1. The van der Waals surface area contributed by atoms with Crippen LogP contribution in [0.3, 0.4) is 0 Å². The second-order valence-corrected chi connectivity index (χ2v) is 5.86. The molecule has 3 heterocycles. The van der Waals surface area contributed by atoms with Crippen LogP contribution in [-0.4, -0.2) is 25.0 Å². The van der Waals surface area contributed by atoms with Crippen molar-refractivity contribution in [3.8, 4) is 0 Å². The zero-order chi connectivity index (χ0) is 14.2. The lowest BCUT2D eigenvalue weighted by atomic mass is 10.1. The minimum atomic E-state index is 0.647. The summed E-state index contributed by atoms with van der Waals surface area (Å²) in [4.78, 5) is 8.84. The highest BCUT2D eigenvalue weighted by molar-refractivity contribution is 14.1. The molecule has 0 saturated carbocycles. The summed E-state index contributed by atoms with van der Waals surface area (Å²) in [5.41, 5.74) is 3.78. The van der Waals surface area contributed by atoms with Crippen LogP contribution in [0.15, 0.2) is 48.7 Å². The van der Waals surface area contributed by atoms with Gasteiger partial charge >= 0.3 is 0 Å². The molecule has 0 aliphatic carbocycles. The van der Waals surface area contributed by atoms with Crippen LogP contribution in [-0.2, 0) is 6.54 Å². The lowest BCUT2D eigenvalue weighted by Gasteiger charge is -2.04. The topological polar surface area (TPSA) is 56.5 Å². The fraction of sp³-hybridized carbons (Fsp3) is 0.0667. The standard InChI is InChI=1S/C15H10IN5/c16-14-6-5-13-15(18-14)21(20-19-13)9-10-3-4-12-11(8-10)2-1-7-17-12/h1-8H,9H2. The van der Waals surface area contributed by atoms with Crippen LogP contribution in [0, 0.1) is 3.70 Å². The molecular weight excluding hydrogens is 377 g/mol. The first-order valence-corrected chi connectivity index (χ1v) is 7.57. The molecule has 0 radical (unpaired) electrons. The largest absolute Gasteiger partial charge is 0.256 e. The summed E-state index contributed by atoms with van der Waals surface area (Å²) in [6, 6.07) is 14.1. The number of rotatable bonds is 2. The average molecular weight is 387 g/mol. The molecule has 0 unspecified atom stereocenters.